The van der Waals surface area contributed by atoms with Gasteiger partial charge in [-0.1, -0.05) is 0 Å². The van der Waals surface area contributed by atoms with Crippen LogP contribution in [0.5, 0.6) is 0 Å². The third-order valence-corrected chi connectivity index (χ3v) is 2.97. The van der Waals surface area contributed by atoms with Gasteiger partial charge in [-0.25, -0.2) is 9.97 Å². The molecule has 1 aromatic carbocycles. The Kier molecular flexibility index (Phi) is 5.06. The Morgan fingerprint density at radius 3 is 2.29 bits per heavy atom. The molecule has 8 heteroatoms. The highest BCUT2D eigenvalue weighted by molar-refractivity contribution is 5.93. The number of alkyl halides is 3. The van der Waals surface area contributed by atoms with Crippen molar-refractivity contribution >= 4 is 17.4 Å². The number of carbonyl (C=O) groups excluding carboxylic acids is 1. The highest BCUT2D eigenvalue weighted by atomic mass is 19.4. The van der Waals surface area contributed by atoms with Crippen LogP contribution in [0.3, 0.4) is 0 Å². The van der Waals surface area contributed by atoms with Gasteiger partial charge in [0.2, 0.25) is 0 Å². The lowest BCUT2D eigenvalue weighted by molar-refractivity contribution is -0.137. The molecule has 0 aliphatic heterocycles. The Bertz CT molecular complexity index is 727. The van der Waals surface area contributed by atoms with E-state index in [1.807, 2.05) is 13.8 Å². The van der Waals surface area contributed by atoms with E-state index < -0.39 is 11.7 Å². The van der Waals surface area contributed by atoms with Crippen LogP contribution in [0.4, 0.5) is 24.7 Å². The molecule has 24 heavy (non-hydrogen) atoms. The monoisotopic (exact) mass is 338 g/mol. The highest BCUT2D eigenvalue weighted by Gasteiger charge is 2.29. The first kappa shape index (κ1) is 17.7. The average molecular weight is 338 g/mol. The molecule has 2 N–H and O–H groups in total. The number of aromatic nitrogens is 2. The minimum atomic E-state index is -4.38. The number of halogens is 3. The molecular formula is C16H17F3N4O. The molecule has 0 atom stereocenters. The van der Waals surface area contributed by atoms with E-state index in [-0.39, 0.29) is 17.6 Å². The minimum absolute atomic E-state index is 0.0425. The van der Waals surface area contributed by atoms with Gasteiger partial charge in [-0.15, -0.1) is 0 Å². The summed E-state index contributed by atoms with van der Waals surface area (Å²) < 4.78 is 37.7. The quantitative estimate of drug-likeness (QED) is 0.892. The highest BCUT2D eigenvalue weighted by Crippen LogP contribution is 2.30. The zero-order valence-electron chi connectivity index (χ0n) is 13.4. The van der Waals surface area contributed by atoms with Crippen LogP contribution < -0.4 is 10.6 Å². The van der Waals surface area contributed by atoms with Gasteiger partial charge in [-0.05, 0) is 45.0 Å². The van der Waals surface area contributed by atoms with Crippen LogP contribution in [0.25, 0.3) is 0 Å². The second-order valence-corrected chi connectivity index (χ2v) is 5.51. The lowest BCUT2D eigenvalue weighted by Gasteiger charge is -2.11. The van der Waals surface area contributed by atoms with Crippen molar-refractivity contribution in [3.05, 3.63) is 47.4 Å². The summed E-state index contributed by atoms with van der Waals surface area (Å²) in [6.07, 6.45) is -4.38. The third-order valence-electron chi connectivity index (χ3n) is 2.97. The number of amides is 1. The van der Waals surface area contributed by atoms with E-state index in [9.17, 15) is 18.0 Å². The predicted octanol–water partition coefficient (Wildman–Crippen LogP) is 3.69. The third kappa shape index (κ3) is 4.68. The van der Waals surface area contributed by atoms with Crippen molar-refractivity contribution in [2.24, 2.45) is 0 Å². The van der Waals surface area contributed by atoms with Crippen molar-refractivity contribution in [2.45, 2.75) is 33.0 Å². The van der Waals surface area contributed by atoms with Crippen LogP contribution in [0, 0.1) is 6.92 Å². The van der Waals surface area contributed by atoms with Crippen LogP contribution in [0.15, 0.2) is 30.3 Å². The molecule has 2 aromatic rings. The van der Waals surface area contributed by atoms with Crippen LogP contribution in [-0.4, -0.2) is 21.9 Å². The minimum Gasteiger partial charge on any atom is -0.349 e. The van der Waals surface area contributed by atoms with E-state index in [1.54, 1.807) is 6.92 Å². The van der Waals surface area contributed by atoms with Gasteiger partial charge in [-0.3, -0.25) is 4.79 Å². The summed E-state index contributed by atoms with van der Waals surface area (Å²) in [5.41, 5.74) is -0.120. The van der Waals surface area contributed by atoms with E-state index >= 15 is 0 Å². The summed E-state index contributed by atoms with van der Waals surface area (Å²) >= 11 is 0. The van der Waals surface area contributed by atoms with Gasteiger partial charge >= 0.3 is 6.18 Å². The number of aryl methyl sites for hydroxylation is 1. The van der Waals surface area contributed by atoms with Crippen molar-refractivity contribution in [1.82, 2.24) is 15.3 Å². The standard InChI is InChI=1S/C16H17F3N4O/c1-9(2)20-15(24)13-8-14(22-10(3)21-13)23-12-6-4-11(5-7-12)16(17,18)19/h4-9H,1-3H3,(H,20,24)(H,21,22,23). The molecule has 0 spiro atoms. The number of hydrogen-bond donors (Lipinski definition) is 2. The summed E-state index contributed by atoms with van der Waals surface area (Å²) in [6, 6.07) is 5.95. The number of rotatable bonds is 4. The van der Waals surface area contributed by atoms with Crippen molar-refractivity contribution in [3.63, 3.8) is 0 Å². The van der Waals surface area contributed by atoms with E-state index in [4.69, 9.17) is 0 Å². The Labute approximate surface area is 137 Å². The van der Waals surface area contributed by atoms with E-state index in [0.717, 1.165) is 12.1 Å². The number of nitrogens with zero attached hydrogens (tertiary/aromatic N) is 2. The summed E-state index contributed by atoms with van der Waals surface area (Å²) in [5, 5.41) is 5.59. The second kappa shape index (κ2) is 6.86. The fourth-order valence-corrected chi connectivity index (χ4v) is 1.97. The van der Waals surface area contributed by atoms with Crippen LogP contribution in [-0.2, 0) is 6.18 Å². The Hall–Kier alpha value is -2.64. The average Bonchev–Trinajstić information content (AvgIpc) is 2.45. The smallest absolute Gasteiger partial charge is 0.349 e. The maximum absolute atomic E-state index is 12.6. The van der Waals surface area contributed by atoms with E-state index in [1.165, 1.54) is 18.2 Å². The van der Waals surface area contributed by atoms with Gasteiger partial charge in [-0.2, -0.15) is 13.2 Å². The van der Waals surface area contributed by atoms with Crippen LogP contribution in [0.1, 0.15) is 35.7 Å². The zero-order chi connectivity index (χ0) is 17.9. The largest absolute Gasteiger partial charge is 0.416 e. The first-order valence-corrected chi connectivity index (χ1v) is 7.26. The fourth-order valence-electron chi connectivity index (χ4n) is 1.97. The molecule has 0 unspecified atom stereocenters. The Morgan fingerprint density at radius 2 is 1.75 bits per heavy atom. The number of benzene rings is 1. The van der Waals surface area contributed by atoms with Gasteiger partial charge in [0.05, 0.1) is 5.56 Å². The van der Waals surface area contributed by atoms with Crippen molar-refractivity contribution < 1.29 is 18.0 Å². The van der Waals surface area contributed by atoms with Gasteiger partial charge in [0.1, 0.15) is 17.3 Å². The molecule has 0 aliphatic rings. The summed E-state index contributed by atoms with van der Waals surface area (Å²) in [7, 11) is 0. The molecule has 0 saturated carbocycles. The lowest BCUT2D eigenvalue weighted by Crippen LogP contribution is -2.31. The van der Waals surface area contributed by atoms with Crippen LogP contribution >= 0.6 is 0 Å². The predicted molar refractivity (Wildman–Crippen MR) is 84.1 cm³/mol. The topological polar surface area (TPSA) is 66.9 Å². The Balaban J connectivity index is 2.20. The number of nitrogens with one attached hydrogen (secondary N) is 2. The van der Waals surface area contributed by atoms with Crippen molar-refractivity contribution in [2.75, 3.05) is 5.32 Å². The molecule has 1 amide bonds. The molecule has 2 rings (SSSR count). The first-order valence-electron chi connectivity index (χ1n) is 7.26. The van der Waals surface area contributed by atoms with Gasteiger partial charge in [0.25, 0.3) is 5.91 Å². The zero-order valence-corrected chi connectivity index (χ0v) is 13.4. The van der Waals surface area contributed by atoms with Gasteiger partial charge in [0, 0.05) is 17.8 Å². The molecule has 1 heterocycles. The lowest BCUT2D eigenvalue weighted by atomic mass is 10.2. The molecule has 0 aliphatic carbocycles. The molecule has 0 fully saturated rings. The second-order valence-electron chi connectivity index (χ2n) is 5.51. The number of hydrogen-bond acceptors (Lipinski definition) is 4. The maximum Gasteiger partial charge on any atom is 0.416 e. The molecule has 1 aromatic heterocycles. The van der Waals surface area contributed by atoms with E-state index in [0.29, 0.717) is 17.3 Å². The van der Waals surface area contributed by atoms with Crippen LogP contribution in [0.2, 0.25) is 0 Å². The first-order chi connectivity index (χ1) is 11.1. The summed E-state index contributed by atoms with van der Waals surface area (Å²) in [6.45, 7) is 5.28. The Morgan fingerprint density at radius 1 is 1.12 bits per heavy atom. The molecular weight excluding hydrogens is 321 g/mol. The summed E-state index contributed by atoms with van der Waals surface area (Å²) in [4.78, 5) is 20.2. The van der Waals surface area contributed by atoms with Crippen molar-refractivity contribution in [3.8, 4) is 0 Å². The maximum atomic E-state index is 12.6. The molecule has 128 valence electrons. The summed E-state index contributed by atoms with van der Waals surface area (Å²) in [5.74, 6) is 0.364. The van der Waals surface area contributed by atoms with Crippen molar-refractivity contribution in [1.29, 1.82) is 0 Å². The van der Waals surface area contributed by atoms with Gasteiger partial charge in [0.15, 0.2) is 0 Å². The number of carbonyl (C=O) groups is 1. The SMILES string of the molecule is Cc1nc(Nc2ccc(C(F)(F)F)cc2)cc(C(=O)NC(C)C)n1. The molecule has 5 nitrogen and oxygen atoms in total. The molecule has 0 radical (unpaired) electrons. The van der Waals surface area contributed by atoms with E-state index in [2.05, 4.69) is 20.6 Å². The number of anilines is 2. The molecule has 0 bridgehead atoms. The fraction of sp³-hybridized carbons (Fsp3) is 0.312. The molecule has 0 saturated heterocycles. The normalized spacial score (nSPS) is 11.5. The van der Waals surface area contributed by atoms with Gasteiger partial charge < -0.3 is 10.6 Å².